The van der Waals surface area contributed by atoms with E-state index in [1.54, 1.807) is 10.7 Å². The first-order chi connectivity index (χ1) is 10.1. The van der Waals surface area contributed by atoms with Gasteiger partial charge in [-0.15, -0.1) is 0 Å². The third kappa shape index (κ3) is 1.84. The zero-order valence-corrected chi connectivity index (χ0v) is 11.6. The Morgan fingerprint density at radius 1 is 1.43 bits per heavy atom. The Labute approximate surface area is 120 Å². The van der Waals surface area contributed by atoms with Gasteiger partial charge in [0.05, 0.1) is 23.0 Å². The van der Waals surface area contributed by atoms with E-state index >= 15 is 0 Å². The van der Waals surface area contributed by atoms with Crippen LogP contribution in [0.2, 0.25) is 0 Å². The number of hydrogen-bond acceptors (Lipinski definition) is 4. The van der Waals surface area contributed by atoms with Gasteiger partial charge < -0.3 is 5.73 Å². The first kappa shape index (κ1) is 13.1. The quantitative estimate of drug-likeness (QED) is 0.781. The SMILES string of the molecule is CCn1nc(C)c2nc(N)n(-c3ccc(C#N)cc3F)c21. The molecule has 7 heteroatoms. The number of nitrogen functional groups attached to an aromatic ring is 1. The molecular weight excluding hydrogens is 271 g/mol. The van der Waals surface area contributed by atoms with Crippen molar-refractivity contribution in [3.8, 4) is 11.8 Å². The van der Waals surface area contributed by atoms with Crippen LogP contribution < -0.4 is 5.73 Å². The lowest BCUT2D eigenvalue weighted by Crippen LogP contribution is -2.08. The van der Waals surface area contributed by atoms with Gasteiger partial charge in [-0.3, -0.25) is 4.57 Å². The molecule has 0 atom stereocenters. The van der Waals surface area contributed by atoms with E-state index in [0.717, 1.165) is 5.69 Å². The Morgan fingerprint density at radius 3 is 2.81 bits per heavy atom. The molecule has 3 aromatic rings. The molecular formula is C14H13FN6. The molecule has 0 aliphatic heterocycles. The van der Waals surface area contributed by atoms with Crippen molar-refractivity contribution in [3.63, 3.8) is 0 Å². The highest BCUT2D eigenvalue weighted by Gasteiger charge is 2.19. The maximum absolute atomic E-state index is 14.3. The Hall–Kier alpha value is -2.88. The molecule has 0 aliphatic rings. The topological polar surface area (TPSA) is 85.5 Å². The third-order valence-electron chi connectivity index (χ3n) is 3.35. The van der Waals surface area contributed by atoms with Crippen molar-refractivity contribution in [2.75, 3.05) is 5.73 Å². The summed E-state index contributed by atoms with van der Waals surface area (Å²) in [4.78, 5) is 4.27. The van der Waals surface area contributed by atoms with Gasteiger partial charge in [-0.2, -0.15) is 10.4 Å². The number of halogens is 1. The number of nitrogens with zero attached hydrogens (tertiary/aromatic N) is 5. The molecule has 2 heterocycles. The monoisotopic (exact) mass is 284 g/mol. The number of aryl methyl sites for hydroxylation is 2. The molecule has 2 aromatic heterocycles. The Morgan fingerprint density at radius 2 is 2.19 bits per heavy atom. The molecule has 6 nitrogen and oxygen atoms in total. The minimum absolute atomic E-state index is 0.191. The van der Waals surface area contributed by atoms with Gasteiger partial charge in [0, 0.05) is 6.54 Å². The summed E-state index contributed by atoms with van der Waals surface area (Å²) in [5.41, 5.74) is 8.49. The van der Waals surface area contributed by atoms with Crippen molar-refractivity contribution in [2.45, 2.75) is 20.4 Å². The van der Waals surface area contributed by atoms with Crippen molar-refractivity contribution < 1.29 is 4.39 Å². The zero-order valence-electron chi connectivity index (χ0n) is 11.6. The van der Waals surface area contributed by atoms with Gasteiger partial charge in [-0.05, 0) is 32.0 Å². The summed E-state index contributed by atoms with van der Waals surface area (Å²) in [6.07, 6.45) is 0. The normalized spacial score (nSPS) is 11.0. The number of aromatic nitrogens is 4. The number of imidazole rings is 1. The van der Waals surface area contributed by atoms with Gasteiger partial charge in [-0.1, -0.05) is 0 Å². The fourth-order valence-corrected chi connectivity index (χ4v) is 2.40. The molecule has 0 saturated heterocycles. The Bertz CT molecular complexity index is 883. The first-order valence-electron chi connectivity index (χ1n) is 6.48. The van der Waals surface area contributed by atoms with Gasteiger partial charge in [0.2, 0.25) is 5.95 Å². The number of anilines is 1. The van der Waals surface area contributed by atoms with Crippen molar-refractivity contribution >= 4 is 17.1 Å². The molecule has 3 rings (SSSR count). The van der Waals surface area contributed by atoms with Crippen LogP contribution in [0.25, 0.3) is 16.9 Å². The fraction of sp³-hybridized carbons (Fsp3) is 0.214. The van der Waals surface area contributed by atoms with Crippen LogP contribution in [0, 0.1) is 24.1 Å². The van der Waals surface area contributed by atoms with E-state index in [-0.39, 0.29) is 17.2 Å². The molecule has 0 spiro atoms. The highest BCUT2D eigenvalue weighted by Crippen LogP contribution is 2.27. The second-order valence-electron chi connectivity index (χ2n) is 4.66. The predicted octanol–water partition coefficient (Wildman–Crippen LogP) is 2.14. The van der Waals surface area contributed by atoms with Crippen LogP contribution >= 0.6 is 0 Å². The van der Waals surface area contributed by atoms with E-state index in [0.29, 0.717) is 17.7 Å². The molecule has 0 saturated carbocycles. The van der Waals surface area contributed by atoms with Crippen LogP contribution in [0.5, 0.6) is 0 Å². The molecule has 0 bridgehead atoms. The van der Waals surface area contributed by atoms with Crippen molar-refractivity contribution in [3.05, 3.63) is 35.3 Å². The van der Waals surface area contributed by atoms with Gasteiger partial charge in [0.25, 0.3) is 0 Å². The summed E-state index contributed by atoms with van der Waals surface area (Å²) in [6.45, 7) is 4.39. The fourth-order valence-electron chi connectivity index (χ4n) is 2.40. The number of nitrogens with two attached hydrogens (primary N) is 1. The Kier molecular flexibility index (Phi) is 2.87. The number of rotatable bonds is 2. The average molecular weight is 284 g/mol. The average Bonchev–Trinajstić information content (AvgIpc) is 2.96. The van der Waals surface area contributed by atoms with Crippen LogP contribution in [0.4, 0.5) is 10.3 Å². The molecule has 106 valence electrons. The molecule has 0 fully saturated rings. The van der Waals surface area contributed by atoms with Crippen molar-refractivity contribution in [2.24, 2.45) is 0 Å². The van der Waals surface area contributed by atoms with E-state index in [1.165, 1.54) is 16.7 Å². The molecule has 21 heavy (non-hydrogen) atoms. The van der Waals surface area contributed by atoms with Crippen LogP contribution in [-0.4, -0.2) is 19.3 Å². The second-order valence-corrected chi connectivity index (χ2v) is 4.66. The lowest BCUT2D eigenvalue weighted by Gasteiger charge is -2.09. The second kappa shape index (κ2) is 4.59. The summed E-state index contributed by atoms with van der Waals surface area (Å²) in [5, 5.41) is 13.2. The minimum atomic E-state index is -0.526. The number of benzene rings is 1. The third-order valence-corrected chi connectivity index (χ3v) is 3.35. The van der Waals surface area contributed by atoms with Crippen molar-refractivity contribution in [1.82, 2.24) is 19.3 Å². The lowest BCUT2D eigenvalue weighted by molar-refractivity contribution is 0.614. The predicted molar refractivity (Wildman–Crippen MR) is 76.4 cm³/mol. The van der Waals surface area contributed by atoms with Crippen LogP contribution in [0.1, 0.15) is 18.2 Å². The molecule has 0 aliphatic carbocycles. The standard InChI is InChI=1S/C14H13FN6/c1-3-20-13-12(8(2)19-20)18-14(17)21(13)11-5-4-9(7-16)6-10(11)15/h4-6H,3H2,1-2H3,(H2,17,18). The van der Waals surface area contributed by atoms with Crippen molar-refractivity contribution in [1.29, 1.82) is 5.26 Å². The molecule has 0 unspecified atom stereocenters. The van der Waals surface area contributed by atoms with Gasteiger partial charge in [0.15, 0.2) is 5.65 Å². The summed E-state index contributed by atoms with van der Waals surface area (Å²) in [6, 6.07) is 6.15. The zero-order chi connectivity index (χ0) is 15.1. The van der Waals surface area contributed by atoms with Gasteiger partial charge in [0.1, 0.15) is 11.3 Å². The highest BCUT2D eigenvalue weighted by molar-refractivity contribution is 5.80. The largest absolute Gasteiger partial charge is 0.369 e. The molecule has 1 aromatic carbocycles. The molecule has 0 amide bonds. The number of nitriles is 1. The van der Waals surface area contributed by atoms with E-state index in [9.17, 15) is 4.39 Å². The smallest absolute Gasteiger partial charge is 0.207 e. The van der Waals surface area contributed by atoms with Gasteiger partial charge >= 0.3 is 0 Å². The Balaban J connectivity index is 2.35. The molecule has 0 radical (unpaired) electrons. The van der Waals surface area contributed by atoms with E-state index in [1.807, 2.05) is 19.9 Å². The minimum Gasteiger partial charge on any atom is -0.369 e. The summed E-state index contributed by atoms with van der Waals surface area (Å²) < 4.78 is 17.5. The first-order valence-corrected chi connectivity index (χ1v) is 6.48. The van der Waals surface area contributed by atoms with Crippen LogP contribution in [-0.2, 0) is 6.54 Å². The maximum Gasteiger partial charge on any atom is 0.207 e. The number of fused-ring (bicyclic) bond motifs is 1. The maximum atomic E-state index is 14.3. The summed E-state index contributed by atoms with van der Waals surface area (Å²) in [5.74, 6) is -0.335. The highest BCUT2D eigenvalue weighted by atomic mass is 19.1. The number of hydrogen-bond donors (Lipinski definition) is 1. The van der Waals surface area contributed by atoms with Crippen LogP contribution in [0.15, 0.2) is 18.2 Å². The van der Waals surface area contributed by atoms with Crippen LogP contribution in [0.3, 0.4) is 0 Å². The molecule has 2 N–H and O–H groups in total. The lowest BCUT2D eigenvalue weighted by atomic mass is 10.2. The summed E-state index contributed by atoms with van der Waals surface area (Å²) >= 11 is 0. The van der Waals surface area contributed by atoms with Gasteiger partial charge in [-0.25, -0.2) is 14.1 Å². The van der Waals surface area contributed by atoms with E-state index in [4.69, 9.17) is 11.0 Å². The van der Waals surface area contributed by atoms with E-state index < -0.39 is 5.82 Å². The summed E-state index contributed by atoms with van der Waals surface area (Å²) in [7, 11) is 0. The van der Waals surface area contributed by atoms with E-state index in [2.05, 4.69) is 10.1 Å².